The minimum absolute atomic E-state index is 0.273. The maximum absolute atomic E-state index is 11.5. The van der Waals surface area contributed by atoms with E-state index in [1.165, 1.54) is 19.3 Å². The fourth-order valence-corrected chi connectivity index (χ4v) is 2.24. The van der Waals surface area contributed by atoms with Crippen LogP contribution < -0.4 is 4.74 Å². The van der Waals surface area contributed by atoms with Crippen LogP contribution in [0.4, 0.5) is 0 Å². The number of hydrogen-bond donors (Lipinski definition) is 0. The van der Waals surface area contributed by atoms with E-state index in [0.717, 1.165) is 36.3 Å². The standard InChI is InChI=1S/C15H20O2/c1-2-3-4-5-10-17-13-7-8-14-12(11-13)6-9-15(14)16/h7-8,11H,2-6,9-10H2,1H3. The molecule has 1 aliphatic rings. The number of ketones is 1. The number of rotatable bonds is 6. The normalized spacial score (nSPS) is 13.8. The average molecular weight is 232 g/mol. The Kier molecular flexibility index (Phi) is 4.18. The summed E-state index contributed by atoms with van der Waals surface area (Å²) < 4.78 is 5.70. The van der Waals surface area contributed by atoms with E-state index in [9.17, 15) is 4.79 Å². The summed E-state index contributed by atoms with van der Waals surface area (Å²) in [6.45, 7) is 2.99. The molecule has 17 heavy (non-hydrogen) atoms. The fourth-order valence-electron chi connectivity index (χ4n) is 2.24. The van der Waals surface area contributed by atoms with Crippen molar-refractivity contribution in [1.82, 2.24) is 0 Å². The Hall–Kier alpha value is -1.31. The summed E-state index contributed by atoms with van der Waals surface area (Å²) in [5, 5.41) is 0. The number of aryl methyl sites for hydroxylation is 1. The molecule has 0 saturated carbocycles. The van der Waals surface area contributed by atoms with Crippen LogP contribution in [-0.4, -0.2) is 12.4 Å². The largest absolute Gasteiger partial charge is 0.494 e. The SMILES string of the molecule is CCCCCCOc1ccc2c(c1)CCC2=O. The van der Waals surface area contributed by atoms with Crippen LogP contribution in [-0.2, 0) is 6.42 Å². The molecular weight excluding hydrogens is 212 g/mol. The zero-order valence-corrected chi connectivity index (χ0v) is 10.5. The van der Waals surface area contributed by atoms with Crippen molar-refractivity contribution in [1.29, 1.82) is 0 Å². The van der Waals surface area contributed by atoms with Gasteiger partial charge in [-0.05, 0) is 36.6 Å². The summed E-state index contributed by atoms with van der Waals surface area (Å²) in [4.78, 5) is 11.5. The number of carbonyl (C=O) groups is 1. The average Bonchev–Trinajstić information content (AvgIpc) is 2.71. The monoisotopic (exact) mass is 232 g/mol. The smallest absolute Gasteiger partial charge is 0.163 e. The minimum Gasteiger partial charge on any atom is -0.494 e. The minimum atomic E-state index is 0.273. The van der Waals surface area contributed by atoms with Crippen LogP contribution in [0.5, 0.6) is 5.75 Å². The molecule has 0 unspecified atom stereocenters. The highest BCUT2D eigenvalue weighted by Crippen LogP contribution is 2.26. The number of carbonyl (C=O) groups excluding carboxylic acids is 1. The number of ether oxygens (including phenoxy) is 1. The van der Waals surface area contributed by atoms with Crippen molar-refractivity contribution in [2.24, 2.45) is 0 Å². The second kappa shape index (κ2) is 5.85. The lowest BCUT2D eigenvalue weighted by molar-refractivity contribution is 0.0994. The molecule has 2 nitrogen and oxygen atoms in total. The second-order valence-electron chi connectivity index (χ2n) is 4.65. The van der Waals surface area contributed by atoms with E-state index in [1.807, 2.05) is 18.2 Å². The molecule has 0 spiro atoms. The van der Waals surface area contributed by atoms with Gasteiger partial charge in [0.15, 0.2) is 5.78 Å². The van der Waals surface area contributed by atoms with E-state index in [4.69, 9.17) is 4.74 Å². The summed E-state index contributed by atoms with van der Waals surface area (Å²) >= 11 is 0. The molecule has 1 aliphatic carbocycles. The molecule has 0 fully saturated rings. The highest BCUT2D eigenvalue weighted by molar-refractivity contribution is 6.00. The van der Waals surface area contributed by atoms with Crippen molar-refractivity contribution in [2.75, 3.05) is 6.61 Å². The van der Waals surface area contributed by atoms with Gasteiger partial charge in [-0.3, -0.25) is 4.79 Å². The van der Waals surface area contributed by atoms with Gasteiger partial charge < -0.3 is 4.74 Å². The Morgan fingerprint density at radius 2 is 2.06 bits per heavy atom. The van der Waals surface area contributed by atoms with E-state index in [0.29, 0.717) is 6.42 Å². The van der Waals surface area contributed by atoms with Gasteiger partial charge in [-0.1, -0.05) is 26.2 Å². The maximum Gasteiger partial charge on any atom is 0.163 e. The quantitative estimate of drug-likeness (QED) is 0.698. The Morgan fingerprint density at radius 1 is 1.18 bits per heavy atom. The van der Waals surface area contributed by atoms with Gasteiger partial charge in [0.2, 0.25) is 0 Å². The predicted octanol–water partition coefficient (Wildman–Crippen LogP) is 3.77. The van der Waals surface area contributed by atoms with Crippen LogP contribution in [0.25, 0.3) is 0 Å². The van der Waals surface area contributed by atoms with Gasteiger partial charge in [0.25, 0.3) is 0 Å². The van der Waals surface area contributed by atoms with Gasteiger partial charge >= 0.3 is 0 Å². The first kappa shape index (κ1) is 12.2. The Labute approximate surface area is 103 Å². The van der Waals surface area contributed by atoms with Crippen LogP contribution in [0.15, 0.2) is 18.2 Å². The fraction of sp³-hybridized carbons (Fsp3) is 0.533. The summed E-state index contributed by atoms with van der Waals surface area (Å²) in [5.41, 5.74) is 2.05. The lowest BCUT2D eigenvalue weighted by atomic mass is 10.1. The molecule has 0 N–H and O–H groups in total. The van der Waals surface area contributed by atoms with Crippen molar-refractivity contribution in [3.05, 3.63) is 29.3 Å². The molecule has 0 amide bonds. The number of unbranched alkanes of at least 4 members (excludes halogenated alkanes) is 3. The summed E-state index contributed by atoms with van der Waals surface area (Å²) in [6, 6.07) is 5.86. The second-order valence-corrected chi connectivity index (χ2v) is 4.65. The first-order valence-corrected chi connectivity index (χ1v) is 6.60. The number of benzene rings is 1. The van der Waals surface area contributed by atoms with E-state index >= 15 is 0 Å². The lowest BCUT2D eigenvalue weighted by Gasteiger charge is -2.07. The molecule has 0 atom stereocenters. The molecule has 0 saturated heterocycles. The number of hydrogen-bond acceptors (Lipinski definition) is 2. The zero-order valence-electron chi connectivity index (χ0n) is 10.5. The molecule has 0 radical (unpaired) electrons. The molecule has 0 aliphatic heterocycles. The van der Waals surface area contributed by atoms with Crippen LogP contribution in [0.3, 0.4) is 0 Å². The molecule has 92 valence electrons. The number of fused-ring (bicyclic) bond motifs is 1. The molecule has 0 heterocycles. The van der Waals surface area contributed by atoms with E-state index in [-0.39, 0.29) is 5.78 Å². The van der Waals surface area contributed by atoms with Gasteiger partial charge in [-0.15, -0.1) is 0 Å². The van der Waals surface area contributed by atoms with Gasteiger partial charge in [0, 0.05) is 12.0 Å². The maximum atomic E-state index is 11.5. The van der Waals surface area contributed by atoms with Crippen LogP contribution in [0.1, 0.15) is 54.9 Å². The summed E-state index contributed by atoms with van der Waals surface area (Å²) in [6.07, 6.45) is 6.42. The van der Waals surface area contributed by atoms with E-state index < -0.39 is 0 Å². The van der Waals surface area contributed by atoms with E-state index in [1.54, 1.807) is 0 Å². The third-order valence-electron chi connectivity index (χ3n) is 3.27. The van der Waals surface area contributed by atoms with Crippen LogP contribution in [0.2, 0.25) is 0 Å². The predicted molar refractivity (Wildman–Crippen MR) is 68.7 cm³/mol. The van der Waals surface area contributed by atoms with Gasteiger partial charge in [-0.2, -0.15) is 0 Å². The van der Waals surface area contributed by atoms with Gasteiger partial charge in [0.1, 0.15) is 5.75 Å². The van der Waals surface area contributed by atoms with Gasteiger partial charge in [0.05, 0.1) is 6.61 Å². The first-order chi connectivity index (χ1) is 8.31. The van der Waals surface area contributed by atoms with Crippen LogP contribution >= 0.6 is 0 Å². The molecule has 0 bridgehead atoms. The molecule has 1 aromatic carbocycles. The third-order valence-corrected chi connectivity index (χ3v) is 3.27. The van der Waals surface area contributed by atoms with Crippen LogP contribution in [0, 0.1) is 0 Å². The van der Waals surface area contributed by atoms with E-state index in [2.05, 4.69) is 6.92 Å². The zero-order chi connectivity index (χ0) is 12.1. The summed E-state index contributed by atoms with van der Waals surface area (Å²) in [5.74, 6) is 1.18. The first-order valence-electron chi connectivity index (χ1n) is 6.60. The summed E-state index contributed by atoms with van der Waals surface area (Å²) in [7, 11) is 0. The van der Waals surface area contributed by atoms with Crippen molar-refractivity contribution >= 4 is 5.78 Å². The van der Waals surface area contributed by atoms with Gasteiger partial charge in [-0.25, -0.2) is 0 Å². The third kappa shape index (κ3) is 3.09. The highest BCUT2D eigenvalue weighted by atomic mass is 16.5. The van der Waals surface area contributed by atoms with Crippen molar-refractivity contribution < 1.29 is 9.53 Å². The molecule has 0 aromatic heterocycles. The molecule has 2 heteroatoms. The van der Waals surface area contributed by atoms with Crippen molar-refractivity contribution in [3.8, 4) is 5.75 Å². The number of Topliss-reactive ketones (excluding diaryl/α,β-unsaturated/α-hetero) is 1. The Morgan fingerprint density at radius 3 is 2.88 bits per heavy atom. The topological polar surface area (TPSA) is 26.3 Å². The molecule has 2 rings (SSSR count). The Balaban J connectivity index is 1.84. The molecular formula is C15H20O2. The molecule has 1 aromatic rings. The Bertz CT molecular complexity index is 396. The van der Waals surface area contributed by atoms with Crippen molar-refractivity contribution in [2.45, 2.75) is 45.4 Å². The van der Waals surface area contributed by atoms with Crippen molar-refractivity contribution in [3.63, 3.8) is 0 Å². The highest BCUT2D eigenvalue weighted by Gasteiger charge is 2.19. The lowest BCUT2D eigenvalue weighted by Crippen LogP contribution is -1.98.